The number of carbonyl (C=O) groups excluding carboxylic acids is 1. The Hall–Kier alpha value is -1.89. The number of rotatable bonds is 3. The van der Waals surface area contributed by atoms with Gasteiger partial charge in [0.25, 0.3) is 5.91 Å². The SMILES string of the molecule is CC(C)NC(=O)c1csnc1-c1cccc(C(F)(F)F)c1. The van der Waals surface area contributed by atoms with Crippen molar-refractivity contribution in [2.24, 2.45) is 0 Å². The van der Waals surface area contributed by atoms with E-state index in [1.807, 2.05) is 13.8 Å². The molecule has 1 aromatic carbocycles. The average molecular weight is 314 g/mol. The Morgan fingerprint density at radius 2 is 2.05 bits per heavy atom. The molecule has 112 valence electrons. The molecule has 0 fully saturated rings. The van der Waals surface area contributed by atoms with E-state index in [0.717, 1.165) is 23.7 Å². The summed E-state index contributed by atoms with van der Waals surface area (Å²) in [6.07, 6.45) is -4.42. The summed E-state index contributed by atoms with van der Waals surface area (Å²) < 4.78 is 42.3. The van der Waals surface area contributed by atoms with E-state index in [1.54, 1.807) is 0 Å². The Balaban J connectivity index is 2.40. The van der Waals surface area contributed by atoms with Crippen LogP contribution in [0.15, 0.2) is 29.6 Å². The third kappa shape index (κ3) is 3.60. The molecular formula is C14H13F3N2OS. The Bertz CT molecular complexity index is 650. The summed E-state index contributed by atoms with van der Waals surface area (Å²) in [5.41, 5.74) is 0.0699. The van der Waals surface area contributed by atoms with Gasteiger partial charge >= 0.3 is 6.18 Å². The molecule has 1 amide bonds. The minimum Gasteiger partial charge on any atom is -0.350 e. The third-order valence-electron chi connectivity index (χ3n) is 2.70. The smallest absolute Gasteiger partial charge is 0.350 e. The maximum Gasteiger partial charge on any atom is 0.416 e. The van der Waals surface area contributed by atoms with Crippen LogP contribution in [0.3, 0.4) is 0 Å². The number of halogens is 3. The van der Waals surface area contributed by atoms with Gasteiger partial charge < -0.3 is 5.32 Å². The number of hydrogen-bond donors (Lipinski definition) is 1. The second kappa shape index (κ2) is 5.85. The minimum atomic E-state index is -4.42. The number of nitrogens with one attached hydrogen (secondary N) is 1. The van der Waals surface area contributed by atoms with Crippen molar-refractivity contribution < 1.29 is 18.0 Å². The molecule has 0 unspecified atom stereocenters. The van der Waals surface area contributed by atoms with Crippen molar-refractivity contribution >= 4 is 17.4 Å². The zero-order chi connectivity index (χ0) is 15.6. The maximum atomic E-state index is 12.7. The quantitative estimate of drug-likeness (QED) is 0.931. The van der Waals surface area contributed by atoms with Gasteiger partial charge in [-0.05, 0) is 37.5 Å². The number of nitrogens with zero attached hydrogens (tertiary/aromatic N) is 1. The van der Waals surface area contributed by atoms with Crippen LogP contribution in [0.1, 0.15) is 29.8 Å². The molecular weight excluding hydrogens is 301 g/mol. The van der Waals surface area contributed by atoms with Crippen molar-refractivity contribution in [3.05, 3.63) is 40.8 Å². The van der Waals surface area contributed by atoms with E-state index in [9.17, 15) is 18.0 Å². The van der Waals surface area contributed by atoms with E-state index in [2.05, 4.69) is 9.69 Å². The Morgan fingerprint density at radius 1 is 1.33 bits per heavy atom. The fourth-order valence-corrected chi connectivity index (χ4v) is 2.47. The first-order chi connectivity index (χ1) is 9.79. The molecule has 0 aliphatic carbocycles. The lowest BCUT2D eigenvalue weighted by atomic mass is 10.0. The van der Waals surface area contributed by atoms with Gasteiger partial charge in [0.05, 0.1) is 16.8 Å². The first-order valence-electron chi connectivity index (χ1n) is 6.22. The molecule has 0 aliphatic heterocycles. The van der Waals surface area contributed by atoms with Gasteiger partial charge in [-0.15, -0.1) is 0 Å². The molecule has 3 nitrogen and oxygen atoms in total. The topological polar surface area (TPSA) is 42.0 Å². The number of aromatic nitrogens is 1. The predicted molar refractivity (Wildman–Crippen MR) is 75.2 cm³/mol. The molecule has 2 rings (SSSR count). The number of amides is 1. The van der Waals surface area contributed by atoms with Crippen LogP contribution in [0, 0.1) is 0 Å². The molecule has 0 saturated heterocycles. The second-order valence-corrected chi connectivity index (χ2v) is 5.41. The minimum absolute atomic E-state index is 0.0632. The van der Waals surface area contributed by atoms with Gasteiger partial charge in [0.1, 0.15) is 0 Å². The number of hydrogen-bond acceptors (Lipinski definition) is 3. The maximum absolute atomic E-state index is 12.7. The molecule has 21 heavy (non-hydrogen) atoms. The molecule has 0 atom stereocenters. The summed E-state index contributed by atoms with van der Waals surface area (Å²) in [7, 11) is 0. The van der Waals surface area contributed by atoms with E-state index in [-0.39, 0.29) is 28.8 Å². The fraction of sp³-hybridized carbons (Fsp3) is 0.286. The summed E-state index contributed by atoms with van der Waals surface area (Å²) in [5.74, 6) is -0.342. The van der Waals surface area contributed by atoms with Crippen molar-refractivity contribution in [2.45, 2.75) is 26.1 Å². The lowest BCUT2D eigenvalue weighted by Gasteiger charge is -2.10. The summed E-state index contributed by atoms with van der Waals surface area (Å²) in [4.78, 5) is 12.0. The van der Waals surface area contributed by atoms with Crippen molar-refractivity contribution in [1.29, 1.82) is 0 Å². The highest BCUT2D eigenvalue weighted by molar-refractivity contribution is 7.04. The first kappa shape index (κ1) is 15.5. The van der Waals surface area contributed by atoms with E-state index in [0.29, 0.717) is 0 Å². The largest absolute Gasteiger partial charge is 0.416 e. The molecule has 0 bridgehead atoms. The van der Waals surface area contributed by atoms with Gasteiger partial charge in [0.2, 0.25) is 0 Å². The van der Waals surface area contributed by atoms with Crippen molar-refractivity contribution in [1.82, 2.24) is 9.69 Å². The van der Waals surface area contributed by atoms with Crippen LogP contribution >= 0.6 is 11.5 Å². The Kier molecular flexibility index (Phi) is 4.32. The summed E-state index contributed by atoms with van der Waals surface area (Å²) in [6, 6.07) is 4.75. The summed E-state index contributed by atoms with van der Waals surface area (Å²) in [5, 5.41) is 4.24. The molecule has 0 saturated carbocycles. The molecule has 1 heterocycles. The van der Waals surface area contributed by atoms with Gasteiger partial charge in [-0.25, -0.2) is 0 Å². The van der Waals surface area contributed by atoms with Crippen LogP contribution in [0.5, 0.6) is 0 Å². The van der Waals surface area contributed by atoms with Crippen molar-refractivity contribution in [2.75, 3.05) is 0 Å². The second-order valence-electron chi connectivity index (χ2n) is 4.78. The number of carbonyl (C=O) groups is 1. The highest BCUT2D eigenvalue weighted by Gasteiger charge is 2.31. The van der Waals surface area contributed by atoms with E-state index >= 15 is 0 Å². The third-order valence-corrected chi connectivity index (χ3v) is 3.33. The van der Waals surface area contributed by atoms with Gasteiger partial charge in [0, 0.05) is 17.0 Å². The standard InChI is InChI=1S/C14H13F3N2OS/c1-8(2)18-13(20)11-7-21-19-12(11)9-4-3-5-10(6-9)14(15,16)17/h3-8H,1-2H3,(H,18,20). The summed E-state index contributed by atoms with van der Waals surface area (Å²) >= 11 is 1.04. The van der Waals surface area contributed by atoms with Crippen LogP contribution in [0.4, 0.5) is 13.2 Å². The van der Waals surface area contributed by atoms with Crippen LogP contribution in [0.25, 0.3) is 11.3 Å². The normalized spacial score (nSPS) is 11.7. The molecule has 0 aliphatic rings. The fourth-order valence-electron chi connectivity index (χ4n) is 1.79. The van der Waals surface area contributed by atoms with Crippen LogP contribution in [0.2, 0.25) is 0 Å². The van der Waals surface area contributed by atoms with E-state index < -0.39 is 11.7 Å². The number of benzene rings is 1. The van der Waals surface area contributed by atoms with E-state index in [4.69, 9.17) is 0 Å². The van der Waals surface area contributed by atoms with Gasteiger partial charge in [0.15, 0.2) is 0 Å². The molecule has 0 spiro atoms. The summed E-state index contributed by atoms with van der Waals surface area (Å²) in [6.45, 7) is 3.61. The van der Waals surface area contributed by atoms with Gasteiger partial charge in [-0.1, -0.05) is 12.1 Å². The Morgan fingerprint density at radius 3 is 2.67 bits per heavy atom. The molecule has 1 N–H and O–H groups in total. The first-order valence-corrected chi connectivity index (χ1v) is 7.05. The monoisotopic (exact) mass is 314 g/mol. The molecule has 0 radical (unpaired) electrons. The van der Waals surface area contributed by atoms with Gasteiger partial charge in [-0.2, -0.15) is 17.5 Å². The van der Waals surface area contributed by atoms with Crippen molar-refractivity contribution in [3.8, 4) is 11.3 Å². The van der Waals surface area contributed by atoms with E-state index in [1.165, 1.54) is 17.5 Å². The zero-order valence-corrected chi connectivity index (χ0v) is 12.2. The number of alkyl halides is 3. The highest BCUT2D eigenvalue weighted by atomic mass is 32.1. The lowest BCUT2D eigenvalue weighted by Crippen LogP contribution is -2.30. The highest BCUT2D eigenvalue weighted by Crippen LogP contribution is 2.33. The Labute approximate surface area is 124 Å². The average Bonchev–Trinajstić information content (AvgIpc) is 2.86. The van der Waals surface area contributed by atoms with Gasteiger partial charge in [-0.3, -0.25) is 4.79 Å². The molecule has 1 aromatic heterocycles. The lowest BCUT2D eigenvalue weighted by molar-refractivity contribution is -0.137. The van der Waals surface area contributed by atoms with Crippen LogP contribution in [-0.2, 0) is 6.18 Å². The zero-order valence-electron chi connectivity index (χ0n) is 11.4. The predicted octanol–water partition coefficient (Wildman–Crippen LogP) is 3.97. The molecule has 2 aromatic rings. The molecule has 7 heteroatoms. The van der Waals surface area contributed by atoms with Crippen LogP contribution < -0.4 is 5.32 Å². The van der Waals surface area contributed by atoms with Crippen molar-refractivity contribution in [3.63, 3.8) is 0 Å². The van der Waals surface area contributed by atoms with Crippen LogP contribution in [-0.4, -0.2) is 16.3 Å².